The predicted octanol–water partition coefficient (Wildman–Crippen LogP) is 9.44. The zero-order valence-corrected chi connectivity index (χ0v) is 32.2. The number of unbranched alkanes of at least 4 members (excludes halogenated alkanes) is 2. The van der Waals surface area contributed by atoms with Gasteiger partial charge in [0.25, 0.3) is 0 Å². The molecule has 0 radical (unpaired) electrons. The average molecular weight is 737 g/mol. The van der Waals surface area contributed by atoms with Gasteiger partial charge < -0.3 is 24.6 Å². The molecule has 1 saturated heterocycles. The van der Waals surface area contributed by atoms with Gasteiger partial charge in [0, 0.05) is 35.7 Å². The second kappa shape index (κ2) is 17.5. The lowest BCUT2D eigenvalue weighted by Gasteiger charge is -2.32. The Balaban J connectivity index is 1.80. The van der Waals surface area contributed by atoms with Crippen molar-refractivity contribution >= 4 is 39.3 Å². The maximum Gasteiger partial charge on any atom is 0.319 e. The lowest BCUT2D eigenvalue weighted by atomic mass is 9.80. The number of β-amino-alcohol motifs (C(OH)–C–C–N with tert-alkyl or cyclic N) is 1. The van der Waals surface area contributed by atoms with E-state index in [1.165, 1.54) is 12.1 Å². The maximum atomic E-state index is 17.8. The molecule has 1 aliphatic carbocycles. The number of phenols is 1. The number of phenolic OH excluding ortho intramolecular Hbond substituents is 1. The number of hydrogen-bond donors (Lipinski definition) is 2. The summed E-state index contributed by atoms with van der Waals surface area (Å²) in [4.78, 5) is 16.4. The summed E-state index contributed by atoms with van der Waals surface area (Å²) < 4.78 is 60.1. The van der Waals surface area contributed by atoms with Crippen LogP contribution in [0.25, 0.3) is 27.7 Å². The van der Waals surface area contributed by atoms with Gasteiger partial charge in [-0.25, -0.2) is 13.2 Å². The van der Waals surface area contributed by atoms with E-state index >= 15 is 8.78 Å². The van der Waals surface area contributed by atoms with Gasteiger partial charge in [0.1, 0.15) is 29.3 Å². The molecule has 0 bridgehead atoms. The standard InChI is InChI=1S/C42H55F3N4O4/c1-8-12-13-16-42(7,21-27(43)9-2)24-53-41-47-39-36(40(48-41)49-17-18-52-23-29(51)22-49)31(11-4)38(46-25(5)6)35(37(39)45)32-20-28(50)19-26-14-15-33(44)30(10-3)34(26)32/h11,14-15,19-20,25,27,29,50-51H,8-10,12-13,16-18,21-24H2,1-7H3/b31-11-,46-38?. The van der Waals surface area contributed by atoms with Gasteiger partial charge in [0.2, 0.25) is 0 Å². The summed E-state index contributed by atoms with van der Waals surface area (Å²) in [6.07, 6.45) is 4.71. The fraction of sp³-hybridized carbons (Fsp3) is 0.548. The van der Waals surface area contributed by atoms with Crippen molar-refractivity contribution in [3.05, 3.63) is 58.5 Å². The van der Waals surface area contributed by atoms with Crippen molar-refractivity contribution in [2.24, 2.45) is 10.4 Å². The molecule has 3 aromatic rings. The minimum absolute atomic E-state index is 0.0500. The number of ether oxygens (including phenoxy) is 2. The first kappa shape index (κ1) is 40.2. The van der Waals surface area contributed by atoms with Crippen molar-refractivity contribution in [3.8, 4) is 11.8 Å². The third kappa shape index (κ3) is 8.89. The first-order valence-corrected chi connectivity index (χ1v) is 19.1. The molecule has 0 saturated carbocycles. The van der Waals surface area contributed by atoms with Crippen LogP contribution >= 0.6 is 0 Å². The average Bonchev–Trinajstić information content (AvgIpc) is 3.34. The summed E-state index contributed by atoms with van der Waals surface area (Å²) in [6, 6.07) is 5.57. The van der Waals surface area contributed by atoms with E-state index in [0.717, 1.165) is 25.7 Å². The molecule has 2 aromatic carbocycles. The number of alkyl halides is 1. The molecule has 11 heteroatoms. The number of allylic oxidation sites excluding steroid dienone is 3. The zero-order valence-electron chi connectivity index (χ0n) is 32.2. The number of nitrogens with zero attached hydrogens (tertiary/aromatic N) is 4. The minimum atomic E-state index is -1.00. The molecule has 8 nitrogen and oxygen atoms in total. The number of aliphatic imine (C=N–C) groups is 1. The van der Waals surface area contributed by atoms with Gasteiger partial charge in [-0.15, -0.1) is 0 Å². The number of hydrogen-bond acceptors (Lipinski definition) is 8. The highest BCUT2D eigenvalue weighted by Gasteiger charge is 2.38. The summed E-state index contributed by atoms with van der Waals surface area (Å²) in [5.41, 5.74) is 1.41. The van der Waals surface area contributed by atoms with Gasteiger partial charge in [-0.1, -0.05) is 59.1 Å². The van der Waals surface area contributed by atoms with Gasteiger partial charge in [0.15, 0.2) is 5.83 Å². The largest absolute Gasteiger partial charge is 0.508 e. The Kier molecular flexibility index (Phi) is 13.2. The zero-order chi connectivity index (χ0) is 38.4. The second-order valence-corrected chi connectivity index (χ2v) is 14.9. The molecule has 2 heterocycles. The van der Waals surface area contributed by atoms with Crippen LogP contribution in [0, 0.1) is 11.2 Å². The highest BCUT2D eigenvalue weighted by Crippen LogP contribution is 2.48. The molecule has 288 valence electrons. The van der Waals surface area contributed by atoms with Crippen molar-refractivity contribution in [1.29, 1.82) is 0 Å². The number of aromatic hydroxyl groups is 1. The molecule has 1 aromatic heterocycles. The van der Waals surface area contributed by atoms with E-state index in [2.05, 4.69) is 6.92 Å². The van der Waals surface area contributed by atoms with Crippen LogP contribution in [0.2, 0.25) is 0 Å². The molecule has 53 heavy (non-hydrogen) atoms. The predicted molar refractivity (Wildman–Crippen MR) is 208 cm³/mol. The Morgan fingerprint density at radius 3 is 2.60 bits per heavy atom. The first-order valence-electron chi connectivity index (χ1n) is 19.1. The Morgan fingerprint density at radius 2 is 1.92 bits per heavy atom. The molecule has 2 aliphatic rings. The van der Waals surface area contributed by atoms with Crippen molar-refractivity contribution in [1.82, 2.24) is 9.97 Å². The fourth-order valence-electron chi connectivity index (χ4n) is 7.50. The van der Waals surface area contributed by atoms with Crippen LogP contribution < -0.4 is 9.64 Å². The van der Waals surface area contributed by atoms with Crippen molar-refractivity contribution < 1.29 is 32.9 Å². The summed E-state index contributed by atoms with van der Waals surface area (Å²) in [7, 11) is 0. The van der Waals surface area contributed by atoms with Crippen molar-refractivity contribution in [2.75, 3.05) is 37.8 Å². The van der Waals surface area contributed by atoms with Gasteiger partial charge in [0.05, 0.1) is 37.2 Å². The molecule has 3 atom stereocenters. The Bertz CT molecular complexity index is 1880. The highest BCUT2D eigenvalue weighted by atomic mass is 19.1. The number of aromatic nitrogens is 2. The molecule has 1 fully saturated rings. The van der Waals surface area contributed by atoms with Crippen LogP contribution in [0.3, 0.4) is 0 Å². The van der Waals surface area contributed by atoms with E-state index in [9.17, 15) is 14.6 Å². The Hall–Kier alpha value is -3.96. The van der Waals surface area contributed by atoms with Gasteiger partial charge in [-0.05, 0) is 86.6 Å². The smallest absolute Gasteiger partial charge is 0.319 e. The number of aliphatic hydroxyl groups excluding tert-OH is 1. The van der Waals surface area contributed by atoms with Gasteiger partial charge >= 0.3 is 6.01 Å². The Labute approximate surface area is 311 Å². The molecule has 3 unspecified atom stereocenters. The van der Waals surface area contributed by atoms with Gasteiger partial charge in [-0.2, -0.15) is 9.97 Å². The summed E-state index contributed by atoms with van der Waals surface area (Å²) in [5, 5.41) is 22.8. The molecule has 5 rings (SSSR count). The van der Waals surface area contributed by atoms with E-state index in [1.807, 2.05) is 52.5 Å². The molecule has 2 N–H and O–H groups in total. The van der Waals surface area contributed by atoms with Gasteiger partial charge in [-0.3, -0.25) is 4.99 Å². The molecular weight excluding hydrogens is 681 g/mol. The van der Waals surface area contributed by atoms with E-state index in [0.29, 0.717) is 71.4 Å². The van der Waals surface area contributed by atoms with Crippen LogP contribution in [0.15, 0.2) is 35.3 Å². The molecule has 1 aliphatic heterocycles. The lowest BCUT2D eigenvalue weighted by Crippen LogP contribution is -2.35. The monoisotopic (exact) mass is 736 g/mol. The molecular formula is C42H55F3N4O4. The molecule has 0 amide bonds. The summed E-state index contributed by atoms with van der Waals surface area (Å²) in [5.74, 6) is -0.923. The number of rotatable bonds is 14. The summed E-state index contributed by atoms with van der Waals surface area (Å²) >= 11 is 0. The SMILES string of the molecule is C/C=C1\C(=NC(C)C)C(c2cc(O)cc3ccc(F)c(CC)c23)=C(F)c2nc(OCC(C)(CCCCC)CC(F)CC)nc(N3CCOCC(O)C3)c21. The van der Waals surface area contributed by atoms with E-state index < -0.39 is 29.3 Å². The van der Waals surface area contributed by atoms with Crippen molar-refractivity contribution in [2.45, 2.75) is 112 Å². The van der Waals surface area contributed by atoms with E-state index in [-0.39, 0.29) is 54.4 Å². The van der Waals surface area contributed by atoms with Crippen molar-refractivity contribution in [3.63, 3.8) is 0 Å². The quantitative estimate of drug-likeness (QED) is 0.159. The number of benzene rings is 2. The highest BCUT2D eigenvalue weighted by molar-refractivity contribution is 6.51. The van der Waals surface area contributed by atoms with Crippen LogP contribution in [0.1, 0.15) is 109 Å². The number of aliphatic hydroxyl groups is 1. The number of halogens is 3. The van der Waals surface area contributed by atoms with Crippen LogP contribution in [-0.2, 0) is 11.2 Å². The van der Waals surface area contributed by atoms with E-state index in [1.54, 1.807) is 12.1 Å². The normalized spacial score (nSPS) is 19.9. The molecule has 0 spiro atoms. The number of aryl methyl sites for hydroxylation is 1. The third-order valence-corrected chi connectivity index (χ3v) is 10.1. The second-order valence-electron chi connectivity index (χ2n) is 14.9. The van der Waals surface area contributed by atoms with E-state index in [4.69, 9.17) is 24.4 Å². The maximum absolute atomic E-state index is 17.8. The fourth-order valence-corrected chi connectivity index (χ4v) is 7.50. The first-order chi connectivity index (χ1) is 25.3. The third-order valence-electron chi connectivity index (χ3n) is 10.1. The number of anilines is 1. The van der Waals surface area contributed by atoms with Crippen LogP contribution in [0.5, 0.6) is 11.8 Å². The Morgan fingerprint density at radius 1 is 1.15 bits per heavy atom. The number of fused-ring (bicyclic) bond motifs is 2. The minimum Gasteiger partial charge on any atom is -0.508 e. The van der Waals surface area contributed by atoms with Crippen LogP contribution in [0.4, 0.5) is 19.0 Å². The lowest BCUT2D eigenvalue weighted by molar-refractivity contribution is 0.0597. The summed E-state index contributed by atoms with van der Waals surface area (Å²) in [6.45, 7) is 14.5. The van der Waals surface area contributed by atoms with Crippen LogP contribution in [-0.4, -0.2) is 77.1 Å². The topological polar surface area (TPSA) is 100 Å².